The zero-order chi connectivity index (χ0) is 16.5. The number of ether oxygens (including phenoxy) is 1. The third kappa shape index (κ3) is 2.91. The number of amides is 1. The van der Waals surface area contributed by atoms with Crippen molar-refractivity contribution in [3.63, 3.8) is 0 Å². The molecule has 7 nitrogen and oxygen atoms in total. The molecule has 3 heterocycles. The molecule has 0 N–H and O–H groups in total. The zero-order valence-electron chi connectivity index (χ0n) is 13.8. The molecule has 2 aliphatic rings. The molecule has 2 aromatic heterocycles. The maximum atomic E-state index is 12.9. The van der Waals surface area contributed by atoms with Gasteiger partial charge in [0.25, 0.3) is 5.91 Å². The van der Waals surface area contributed by atoms with Crippen LogP contribution in [0.4, 0.5) is 0 Å². The number of fused-ring (bicyclic) bond motifs is 1. The minimum atomic E-state index is -0.130. The summed E-state index contributed by atoms with van der Waals surface area (Å²) in [6.45, 7) is 1.91. The molecular weight excluding hydrogens is 306 g/mol. The highest BCUT2D eigenvalue weighted by Gasteiger charge is 2.35. The monoisotopic (exact) mass is 327 g/mol. The molecule has 1 amide bonds. The fraction of sp³-hybridized carbons (Fsp3) is 0.529. The molecule has 0 unspecified atom stereocenters. The summed E-state index contributed by atoms with van der Waals surface area (Å²) < 4.78 is 7.78. The number of hydrogen-bond acceptors (Lipinski definition) is 5. The number of carbonyl (C=O) groups is 1. The maximum Gasteiger partial charge on any atom is 0.274 e. The Morgan fingerprint density at radius 1 is 1.29 bits per heavy atom. The maximum absolute atomic E-state index is 12.9. The van der Waals surface area contributed by atoms with Crippen LogP contribution in [0, 0.1) is 5.92 Å². The van der Waals surface area contributed by atoms with Crippen LogP contribution in [0.1, 0.15) is 40.6 Å². The molecular formula is C17H21N5O2. The van der Waals surface area contributed by atoms with Crippen molar-refractivity contribution in [1.29, 1.82) is 0 Å². The van der Waals surface area contributed by atoms with Crippen LogP contribution in [0.15, 0.2) is 24.8 Å². The first-order valence-corrected chi connectivity index (χ1v) is 8.39. The first-order chi connectivity index (χ1) is 11.7. The quantitative estimate of drug-likeness (QED) is 0.829. The molecule has 0 bridgehead atoms. The molecule has 0 aromatic carbocycles. The smallest absolute Gasteiger partial charge is 0.274 e. The van der Waals surface area contributed by atoms with Gasteiger partial charge >= 0.3 is 0 Å². The van der Waals surface area contributed by atoms with Crippen molar-refractivity contribution in [2.24, 2.45) is 13.0 Å². The fourth-order valence-corrected chi connectivity index (χ4v) is 3.26. The summed E-state index contributed by atoms with van der Waals surface area (Å²) >= 11 is 0. The summed E-state index contributed by atoms with van der Waals surface area (Å²) in [4.78, 5) is 22.9. The van der Waals surface area contributed by atoms with Gasteiger partial charge in [0.05, 0.1) is 30.7 Å². The summed E-state index contributed by atoms with van der Waals surface area (Å²) in [5.41, 5.74) is 2.63. The van der Waals surface area contributed by atoms with Crippen LogP contribution in [0.25, 0.3) is 0 Å². The number of carbonyl (C=O) groups excluding carboxylic acids is 1. The van der Waals surface area contributed by atoms with Gasteiger partial charge in [-0.2, -0.15) is 5.10 Å². The SMILES string of the molecule is Cn1ncc2c1[C@@H](COCC1CC1)N(C(=O)c1cnccn1)CC2. The van der Waals surface area contributed by atoms with Gasteiger partial charge in [0.15, 0.2) is 0 Å². The van der Waals surface area contributed by atoms with Gasteiger partial charge < -0.3 is 9.64 Å². The molecule has 126 valence electrons. The average molecular weight is 327 g/mol. The fourth-order valence-electron chi connectivity index (χ4n) is 3.26. The van der Waals surface area contributed by atoms with Crippen LogP contribution in [-0.2, 0) is 18.2 Å². The van der Waals surface area contributed by atoms with Crippen LogP contribution < -0.4 is 0 Å². The van der Waals surface area contributed by atoms with E-state index >= 15 is 0 Å². The summed E-state index contributed by atoms with van der Waals surface area (Å²) in [5, 5.41) is 4.37. The Bertz CT molecular complexity index is 726. The van der Waals surface area contributed by atoms with Crippen LogP contribution in [0.5, 0.6) is 0 Å². The van der Waals surface area contributed by atoms with Crippen LogP contribution in [-0.4, -0.2) is 50.3 Å². The Balaban J connectivity index is 1.59. The molecule has 0 spiro atoms. The highest BCUT2D eigenvalue weighted by molar-refractivity contribution is 5.92. The predicted molar refractivity (Wildman–Crippen MR) is 86.3 cm³/mol. The lowest BCUT2D eigenvalue weighted by Crippen LogP contribution is -2.43. The van der Waals surface area contributed by atoms with E-state index in [1.54, 1.807) is 12.4 Å². The lowest BCUT2D eigenvalue weighted by atomic mass is 9.99. The zero-order valence-corrected chi connectivity index (χ0v) is 13.8. The predicted octanol–water partition coefficient (Wildman–Crippen LogP) is 1.38. The van der Waals surface area contributed by atoms with Crippen molar-refractivity contribution in [3.8, 4) is 0 Å². The average Bonchev–Trinajstić information content (AvgIpc) is 3.37. The molecule has 24 heavy (non-hydrogen) atoms. The second kappa shape index (κ2) is 6.32. The topological polar surface area (TPSA) is 73.1 Å². The summed E-state index contributed by atoms with van der Waals surface area (Å²) in [6, 6.07) is -0.130. The third-order valence-electron chi connectivity index (χ3n) is 4.75. The molecule has 2 aromatic rings. The van der Waals surface area contributed by atoms with Crippen molar-refractivity contribution >= 4 is 5.91 Å². The minimum absolute atomic E-state index is 0.102. The van der Waals surface area contributed by atoms with Gasteiger partial charge in [-0.3, -0.25) is 14.5 Å². The minimum Gasteiger partial charge on any atom is -0.379 e. The van der Waals surface area contributed by atoms with E-state index < -0.39 is 0 Å². The van der Waals surface area contributed by atoms with E-state index in [1.807, 2.05) is 22.8 Å². The lowest BCUT2D eigenvalue weighted by molar-refractivity contribution is 0.0344. The number of aromatic nitrogens is 4. The number of rotatable bonds is 5. The Morgan fingerprint density at radius 3 is 2.92 bits per heavy atom. The Hall–Kier alpha value is -2.28. The van der Waals surface area contributed by atoms with Crippen molar-refractivity contribution in [1.82, 2.24) is 24.6 Å². The van der Waals surface area contributed by atoms with Gasteiger partial charge in [-0.15, -0.1) is 0 Å². The van der Waals surface area contributed by atoms with Gasteiger partial charge in [0.1, 0.15) is 5.69 Å². The highest BCUT2D eigenvalue weighted by Crippen LogP contribution is 2.32. The van der Waals surface area contributed by atoms with Crippen LogP contribution >= 0.6 is 0 Å². The first-order valence-electron chi connectivity index (χ1n) is 8.39. The van der Waals surface area contributed by atoms with E-state index in [-0.39, 0.29) is 11.9 Å². The molecule has 1 saturated carbocycles. The molecule has 1 fully saturated rings. The van der Waals surface area contributed by atoms with Crippen molar-refractivity contribution in [2.75, 3.05) is 19.8 Å². The van der Waals surface area contributed by atoms with Gasteiger partial charge in [0.2, 0.25) is 0 Å². The Kier molecular flexibility index (Phi) is 4.02. The van der Waals surface area contributed by atoms with E-state index in [1.165, 1.54) is 24.6 Å². The normalized spacial score (nSPS) is 20.0. The van der Waals surface area contributed by atoms with E-state index in [4.69, 9.17) is 4.74 Å². The van der Waals surface area contributed by atoms with Crippen molar-refractivity contribution in [3.05, 3.63) is 41.7 Å². The van der Waals surface area contributed by atoms with Crippen molar-refractivity contribution in [2.45, 2.75) is 25.3 Å². The summed E-state index contributed by atoms with van der Waals surface area (Å²) in [5.74, 6) is 0.596. The molecule has 0 radical (unpaired) electrons. The van der Waals surface area contributed by atoms with Crippen LogP contribution in [0.2, 0.25) is 0 Å². The molecule has 7 heteroatoms. The van der Waals surface area contributed by atoms with E-state index in [0.29, 0.717) is 24.8 Å². The molecule has 1 atom stereocenters. The Labute approximate surface area is 140 Å². The molecule has 1 aliphatic heterocycles. The van der Waals surface area contributed by atoms with Crippen LogP contribution in [0.3, 0.4) is 0 Å². The molecule has 4 rings (SSSR count). The summed E-state index contributed by atoms with van der Waals surface area (Å²) in [6.07, 6.45) is 9.84. The van der Waals surface area contributed by atoms with Gasteiger partial charge in [-0.1, -0.05) is 0 Å². The number of hydrogen-bond donors (Lipinski definition) is 0. The standard InChI is InChI=1S/C17H21N5O2/c1-21-16-13(8-20-21)4-7-22(15(16)11-24-10-12-2-3-12)17(23)14-9-18-5-6-19-14/h5-6,8-9,12,15H,2-4,7,10-11H2,1H3/t15-/m1/s1. The van der Waals surface area contributed by atoms with Gasteiger partial charge in [-0.25, -0.2) is 4.98 Å². The molecule has 0 saturated heterocycles. The number of aryl methyl sites for hydroxylation is 1. The Morgan fingerprint density at radius 2 is 2.17 bits per heavy atom. The second-order valence-electron chi connectivity index (χ2n) is 6.51. The highest BCUT2D eigenvalue weighted by atomic mass is 16.5. The second-order valence-corrected chi connectivity index (χ2v) is 6.51. The largest absolute Gasteiger partial charge is 0.379 e. The number of nitrogens with zero attached hydrogens (tertiary/aromatic N) is 5. The summed E-state index contributed by atoms with van der Waals surface area (Å²) in [7, 11) is 1.92. The van der Waals surface area contributed by atoms with Crippen molar-refractivity contribution < 1.29 is 9.53 Å². The third-order valence-corrected chi connectivity index (χ3v) is 4.75. The van der Waals surface area contributed by atoms with E-state index in [9.17, 15) is 4.79 Å². The first kappa shape index (κ1) is 15.3. The lowest BCUT2D eigenvalue weighted by Gasteiger charge is -2.35. The van der Waals surface area contributed by atoms with Gasteiger partial charge in [0, 0.05) is 32.6 Å². The van der Waals surface area contributed by atoms with E-state index in [0.717, 1.165) is 18.7 Å². The molecule has 1 aliphatic carbocycles. The van der Waals surface area contributed by atoms with Gasteiger partial charge in [-0.05, 0) is 30.7 Å². The van der Waals surface area contributed by atoms with E-state index in [2.05, 4.69) is 15.1 Å².